The molecule has 2 atom stereocenters. The van der Waals surface area contributed by atoms with Crippen molar-refractivity contribution in [1.29, 1.82) is 0 Å². The molecule has 1 aliphatic carbocycles. The van der Waals surface area contributed by atoms with E-state index in [1.807, 2.05) is 0 Å². The highest BCUT2D eigenvalue weighted by molar-refractivity contribution is 9.10. The predicted octanol–water partition coefficient (Wildman–Crippen LogP) is 3.14. The molecule has 0 aliphatic heterocycles. The van der Waals surface area contributed by atoms with Gasteiger partial charge in [-0.15, -0.1) is 0 Å². The van der Waals surface area contributed by atoms with E-state index in [4.69, 9.17) is 5.11 Å². The monoisotopic (exact) mass is 371 g/mol. The molecule has 1 fully saturated rings. The fourth-order valence-electron chi connectivity index (χ4n) is 2.80. The van der Waals surface area contributed by atoms with Gasteiger partial charge in [-0.25, -0.2) is 4.39 Å². The van der Waals surface area contributed by atoms with Gasteiger partial charge in [0, 0.05) is 16.9 Å². The third-order valence-electron chi connectivity index (χ3n) is 4.09. The Morgan fingerprint density at radius 2 is 2.05 bits per heavy atom. The maximum Gasteiger partial charge on any atom is 0.306 e. The summed E-state index contributed by atoms with van der Waals surface area (Å²) in [4.78, 5) is 22.8. The number of hydrogen-bond acceptors (Lipinski definition) is 2. The van der Waals surface area contributed by atoms with Crippen molar-refractivity contribution in [2.45, 2.75) is 32.1 Å². The highest BCUT2D eigenvalue weighted by Crippen LogP contribution is 2.31. The van der Waals surface area contributed by atoms with Gasteiger partial charge in [-0.2, -0.15) is 0 Å². The molecule has 0 aromatic heterocycles. The second kappa shape index (κ2) is 7.72. The first-order valence-corrected chi connectivity index (χ1v) is 8.21. The van der Waals surface area contributed by atoms with Crippen molar-refractivity contribution in [1.82, 2.24) is 5.32 Å². The number of rotatable bonds is 6. The first-order valence-electron chi connectivity index (χ1n) is 7.42. The zero-order valence-corrected chi connectivity index (χ0v) is 13.7. The quantitative estimate of drug-likeness (QED) is 0.754. The molecule has 1 saturated carbocycles. The number of carbonyl (C=O) groups is 2. The minimum Gasteiger partial charge on any atom is -0.481 e. The van der Waals surface area contributed by atoms with Gasteiger partial charge >= 0.3 is 5.97 Å². The summed E-state index contributed by atoms with van der Waals surface area (Å²) >= 11 is 3.21. The average molecular weight is 372 g/mol. The summed E-state index contributed by atoms with van der Waals surface area (Å²) in [6.45, 7) is 0.475. The molecule has 0 saturated heterocycles. The number of benzene rings is 1. The average Bonchev–Trinajstić information content (AvgIpc) is 2.95. The van der Waals surface area contributed by atoms with Crippen molar-refractivity contribution in [2.24, 2.45) is 11.8 Å². The number of carbonyl (C=O) groups excluding carboxylic acids is 1. The Balaban J connectivity index is 1.70. The molecule has 1 aromatic carbocycles. The molecular weight excluding hydrogens is 353 g/mol. The summed E-state index contributed by atoms with van der Waals surface area (Å²) in [5, 5.41) is 11.7. The first-order chi connectivity index (χ1) is 10.5. The van der Waals surface area contributed by atoms with Gasteiger partial charge in [0.15, 0.2) is 0 Å². The Kier molecular flexibility index (Phi) is 5.94. The number of aryl methyl sites for hydroxylation is 1. The molecule has 0 radical (unpaired) electrons. The van der Waals surface area contributed by atoms with Crippen LogP contribution in [0.4, 0.5) is 4.39 Å². The Bertz CT molecular complexity index is 564. The Morgan fingerprint density at radius 1 is 1.32 bits per heavy atom. The number of carboxylic acids is 1. The van der Waals surface area contributed by atoms with Crippen molar-refractivity contribution in [3.05, 3.63) is 34.1 Å². The maximum absolute atomic E-state index is 13.6. The molecule has 2 rings (SSSR count). The summed E-state index contributed by atoms with van der Waals surface area (Å²) in [5.74, 6) is -1.75. The van der Waals surface area contributed by atoms with Gasteiger partial charge in [0.1, 0.15) is 5.82 Å². The van der Waals surface area contributed by atoms with E-state index in [9.17, 15) is 14.0 Å². The number of nitrogens with one attached hydrogen (secondary N) is 1. The van der Waals surface area contributed by atoms with Crippen LogP contribution in [-0.4, -0.2) is 23.5 Å². The van der Waals surface area contributed by atoms with Gasteiger partial charge in [-0.05, 0) is 49.8 Å². The van der Waals surface area contributed by atoms with Crippen LogP contribution in [0.3, 0.4) is 0 Å². The van der Waals surface area contributed by atoms with Crippen molar-refractivity contribution >= 4 is 27.8 Å². The van der Waals surface area contributed by atoms with Crippen LogP contribution in [0.1, 0.15) is 31.2 Å². The van der Waals surface area contributed by atoms with Crippen molar-refractivity contribution in [3.63, 3.8) is 0 Å². The molecule has 1 aliphatic rings. The van der Waals surface area contributed by atoms with Crippen LogP contribution >= 0.6 is 15.9 Å². The van der Waals surface area contributed by atoms with Gasteiger partial charge in [-0.1, -0.05) is 22.0 Å². The lowest BCUT2D eigenvalue weighted by molar-refractivity contribution is -0.141. The lowest BCUT2D eigenvalue weighted by atomic mass is 10.0. The maximum atomic E-state index is 13.6. The fraction of sp³-hybridized carbons (Fsp3) is 0.500. The largest absolute Gasteiger partial charge is 0.481 e. The molecule has 2 N–H and O–H groups in total. The summed E-state index contributed by atoms with van der Waals surface area (Å²) in [5.41, 5.74) is 0.629. The van der Waals surface area contributed by atoms with Gasteiger partial charge in [0.25, 0.3) is 0 Å². The van der Waals surface area contributed by atoms with Crippen LogP contribution in [0.5, 0.6) is 0 Å². The van der Waals surface area contributed by atoms with E-state index < -0.39 is 11.9 Å². The van der Waals surface area contributed by atoms with E-state index in [0.717, 1.165) is 0 Å². The smallest absolute Gasteiger partial charge is 0.306 e. The summed E-state index contributed by atoms with van der Waals surface area (Å²) in [7, 11) is 0. The van der Waals surface area contributed by atoms with E-state index in [2.05, 4.69) is 21.2 Å². The van der Waals surface area contributed by atoms with E-state index in [1.165, 1.54) is 6.07 Å². The molecule has 1 amide bonds. The van der Waals surface area contributed by atoms with Crippen molar-refractivity contribution in [3.8, 4) is 0 Å². The normalized spacial score (nSPS) is 20.8. The Morgan fingerprint density at radius 3 is 2.68 bits per heavy atom. The number of hydrogen-bond donors (Lipinski definition) is 2. The van der Waals surface area contributed by atoms with Crippen LogP contribution in [0.25, 0.3) is 0 Å². The highest BCUT2D eigenvalue weighted by atomic mass is 79.9. The van der Waals surface area contributed by atoms with Crippen LogP contribution in [0, 0.1) is 17.7 Å². The topological polar surface area (TPSA) is 66.4 Å². The molecule has 0 unspecified atom stereocenters. The Labute approximate surface area is 137 Å². The lowest BCUT2D eigenvalue weighted by Crippen LogP contribution is -2.30. The van der Waals surface area contributed by atoms with Crippen LogP contribution < -0.4 is 5.32 Å². The molecule has 6 heteroatoms. The van der Waals surface area contributed by atoms with Gasteiger partial charge in [0.05, 0.1) is 5.92 Å². The second-order valence-electron chi connectivity index (χ2n) is 5.68. The molecule has 0 bridgehead atoms. The van der Waals surface area contributed by atoms with Crippen LogP contribution in [0.15, 0.2) is 22.7 Å². The summed E-state index contributed by atoms with van der Waals surface area (Å²) in [6, 6.07) is 4.95. The zero-order valence-electron chi connectivity index (χ0n) is 12.1. The number of carboxylic acid groups (broad SMARTS) is 1. The van der Waals surface area contributed by atoms with Crippen molar-refractivity contribution < 1.29 is 19.1 Å². The highest BCUT2D eigenvalue weighted by Gasteiger charge is 2.33. The molecule has 120 valence electrons. The second-order valence-corrected chi connectivity index (χ2v) is 6.59. The third kappa shape index (κ3) is 4.53. The van der Waals surface area contributed by atoms with Gasteiger partial charge in [0.2, 0.25) is 5.91 Å². The van der Waals surface area contributed by atoms with Crippen LogP contribution in [0.2, 0.25) is 0 Å². The van der Waals surface area contributed by atoms with Crippen molar-refractivity contribution in [2.75, 3.05) is 6.54 Å². The third-order valence-corrected chi connectivity index (χ3v) is 4.58. The molecule has 4 nitrogen and oxygen atoms in total. The van der Waals surface area contributed by atoms with E-state index in [1.54, 1.807) is 12.1 Å². The molecule has 22 heavy (non-hydrogen) atoms. The molecule has 0 heterocycles. The standard InChI is InChI=1S/C16H19BrFNO3/c17-13-6-5-10(14(18)9-13)2-1-7-19-15(20)11-3-4-12(8-11)16(21)22/h5-6,9,11-12H,1-4,7-8H2,(H,19,20)(H,21,22)/t11-,12+/m0/s1. The summed E-state index contributed by atoms with van der Waals surface area (Å²) < 4.78 is 14.3. The van der Waals surface area contributed by atoms with E-state index >= 15 is 0 Å². The van der Waals surface area contributed by atoms with Crippen LogP contribution in [-0.2, 0) is 16.0 Å². The fourth-order valence-corrected chi connectivity index (χ4v) is 3.14. The number of amides is 1. The minimum atomic E-state index is -0.819. The van der Waals surface area contributed by atoms with E-state index in [-0.39, 0.29) is 17.6 Å². The Hall–Kier alpha value is -1.43. The van der Waals surface area contributed by atoms with E-state index in [0.29, 0.717) is 48.7 Å². The zero-order chi connectivity index (χ0) is 16.1. The SMILES string of the molecule is O=C(O)[C@@H]1CC[C@H](C(=O)NCCCc2ccc(Br)cc2F)C1. The minimum absolute atomic E-state index is 0.0833. The predicted molar refractivity (Wildman–Crippen MR) is 83.9 cm³/mol. The number of aliphatic carboxylic acids is 1. The van der Waals surface area contributed by atoms with Gasteiger partial charge < -0.3 is 10.4 Å². The molecular formula is C16H19BrFNO3. The first kappa shape index (κ1) is 16.9. The lowest BCUT2D eigenvalue weighted by Gasteiger charge is -2.11. The molecule has 1 aromatic rings. The number of halogens is 2. The summed E-state index contributed by atoms with van der Waals surface area (Å²) in [6.07, 6.45) is 2.82. The van der Waals surface area contributed by atoms with Gasteiger partial charge in [-0.3, -0.25) is 9.59 Å². The molecule has 0 spiro atoms.